The molecule has 0 spiro atoms. The van der Waals surface area contributed by atoms with E-state index in [1.807, 2.05) is 0 Å². The Morgan fingerprint density at radius 1 is 0.878 bits per heavy atom. The summed E-state index contributed by atoms with van der Waals surface area (Å²) in [5.41, 5.74) is 10.6. The van der Waals surface area contributed by atoms with Crippen LogP contribution in [0.15, 0.2) is 131 Å². The Hall–Kier alpha value is -3.49. The molecule has 41 heavy (non-hydrogen) atoms. The van der Waals surface area contributed by atoms with Gasteiger partial charge in [0.05, 0.1) is 6.04 Å². The van der Waals surface area contributed by atoms with Crippen molar-refractivity contribution in [2.75, 3.05) is 7.05 Å². The molecule has 1 nitrogen and oxygen atoms in total. The fraction of sp³-hybridized carbons (Fsp3) is 0.282. The number of nitrogens with zero attached hydrogens (tertiary/aromatic N) is 1. The zero-order chi connectivity index (χ0) is 27.7. The minimum absolute atomic E-state index is 0.0733. The van der Waals surface area contributed by atoms with Crippen LogP contribution in [0, 0.1) is 5.92 Å². The molecule has 0 fully saturated rings. The van der Waals surface area contributed by atoms with Gasteiger partial charge in [0.15, 0.2) is 0 Å². The summed E-state index contributed by atoms with van der Waals surface area (Å²) in [5.74, 6) is 0.949. The lowest BCUT2D eigenvalue weighted by atomic mass is 9.69. The molecule has 4 atom stereocenters. The van der Waals surface area contributed by atoms with Crippen molar-refractivity contribution in [3.05, 3.63) is 148 Å². The molecule has 5 aliphatic rings. The summed E-state index contributed by atoms with van der Waals surface area (Å²) in [4.78, 5) is 3.86. The highest BCUT2D eigenvalue weighted by Crippen LogP contribution is 2.56. The zero-order valence-electron chi connectivity index (χ0n) is 24.2. The number of likely N-dealkylation sites (N-methyl/N-ethyl adjacent to an activating group) is 1. The van der Waals surface area contributed by atoms with E-state index in [9.17, 15) is 0 Å². The average molecular weight is 552 g/mol. The molecule has 0 saturated carbocycles. The summed E-state index contributed by atoms with van der Waals surface area (Å²) in [6, 6.07) is 21.1. The molecule has 2 heteroatoms. The monoisotopic (exact) mass is 551 g/mol. The largest absolute Gasteiger partial charge is 0.370 e. The van der Waals surface area contributed by atoms with Crippen LogP contribution in [0.4, 0.5) is 0 Å². The van der Waals surface area contributed by atoms with Crippen LogP contribution in [0.2, 0.25) is 0 Å². The van der Waals surface area contributed by atoms with Crippen LogP contribution in [-0.2, 0) is 11.8 Å². The van der Waals surface area contributed by atoms with Crippen molar-refractivity contribution < 1.29 is 0 Å². The number of rotatable bonds is 2. The molecule has 4 unspecified atom stereocenters. The fourth-order valence-corrected chi connectivity index (χ4v) is 9.50. The Labute approximate surface area is 248 Å². The number of fused-ring (bicyclic) bond motifs is 7. The molecule has 0 saturated heterocycles. The number of thioether (sulfide) groups is 1. The Bertz CT molecular complexity index is 1760. The highest BCUT2D eigenvalue weighted by molar-refractivity contribution is 8.00. The van der Waals surface area contributed by atoms with Gasteiger partial charge >= 0.3 is 0 Å². The molecule has 0 bridgehead atoms. The van der Waals surface area contributed by atoms with Crippen molar-refractivity contribution in [3.8, 4) is 0 Å². The van der Waals surface area contributed by atoms with Crippen LogP contribution < -0.4 is 0 Å². The maximum Gasteiger partial charge on any atom is 0.0729 e. The Kier molecular flexibility index (Phi) is 5.87. The molecule has 0 radical (unpaired) electrons. The van der Waals surface area contributed by atoms with Crippen LogP contribution in [0.1, 0.15) is 60.9 Å². The third kappa shape index (κ3) is 3.91. The minimum Gasteiger partial charge on any atom is -0.370 e. The van der Waals surface area contributed by atoms with E-state index in [1.54, 1.807) is 16.7 Å². The van der Waals surface area contributed by atoms with E-state index in [-0.39, 0.29) is 11.5 Å². The van der Waals surface area contributed by atoms with E-state index in [1.165, 1.54) is 37.9 Å². The quantitative estimate of drug-likeness (QED) is 0.312. The van der Waals surface area contributed by atoms with E-state index in [2.05, 4.69) is 147 Å². The van der Waals surface area contributed by atoms with Crippen LogP contribution in [-0.4, -0.2) is 17.2 Å². The van der Waals surface area contributed by atoms with Gasteiger partial charge in [-0.25, -0.2) is 0 Å². The Balaban J connectivity index is 1.29. The number of hydrogen-bond acceptors (Lipinski definition) is 2. The van der Waals surface area contributed by atoms with Crippen molar-refractivity contribution in [2.24, 2.45) is 5.92 Å². The van der Waals surface area contributed by atoms with E-state index in [0.29, 0.717) is 17.1 Å². The molecule has 204 valence electrons. The van der Waals surface area contributed by atoms with Gasteiger partial charge in [-0.15, -0.1) is 11.8 Å². The third-order valence-electron chi connectivity index (χ3n) is 10.2. The first-order valence-electron chi connectivity index (χ1n) is 15.2. The van der Waals surface area contributed by atoms with Crippen molar-refractivity contribution in [1.82, 2.24) is 4.90 Å². The molecule has 3 aromatic rings. The maximum atomic E-state index is 2.59. The highest BCUT2D eigenvalue weighted by atomic mass is 32.2. The van der Waals surface area contributed by atoms with Gasteiger partial charge in [-0.1, -0.05) is 110 Å². The fourth-order valence-electron chi connectivity index (χ4n) is 8.11. The van der Waals surface area contributed by atoms with E-state index in [4.69, 9.17) is 0 Å². The van der Waals surface area contributed by atoms with Crippen LogP contribution >= 0.6 is 11.8 Å². The lowest BCUT2D eigenvalue weighted by Crippen LogP contribution is -2.27. The molecule has 3 aliphatic carbocycles. The number of benzene rings is 3. The van der Waals surface area contributed by atoms with Gasteiger partial charge in [0.1, 0.15) is 0 Å². The first-order valence-corrected chi connectivity index (χ1v) is 16.1. The van der Waals surface area contributed by atoms with Crippen molar-refractivity contribution >= 4 is 22.5 Å². The van der Waals surface area contributed by atoms with Gasteiger partial charge in [0.2, 0.25) is 0 Å². The van der Waals surface area contributed by atoms with Crippen LogP contribution in [0.25, 0.3) is 10.8 Å². The average Bonchev–Trinajstić information content (AvgIpc) is 3.34. The summed E-state index contributed by atoms with van der Waals surface area (Å²) in [6.45, 7) is 4.96. The summed E-state index contributed by atoms with van der Waals surface area (Å²) in [6.07, 6.45) is 24.5. The normalized spacial score (nSPS) is 27.3. The van der Waals surface area contributed by atoms with Gasteiger partial charge in [0.25, 0.3) is 0 Å². The predicted octanol–water partition coefficient (Wildman–Crippen LogP) is 9.75. The molecule has 0 N–H and O–H groups in total. The maximum absolute atomic E-state index is 2.59. The van der Waals surface area contributed by atoms with Crippen LogP contribution in [0.5, 0.6) is 0 Å². The Morgan fingerprint density at radius 3 is 2.56 bits per heavy atom. The van der Waals surface area contributed by atoms with E-state index >= 15 is 0 Å². The molecular weight excluding hydrogens is 515 g/mol. The lowest BCUT2D eigenvalue weighted by molar-refractivity contribution is 0.386. The molecular formula is C39H37NS. The second-order valence-corrected chi connectivity index (χ2v) is 14.0. The summed E-state index contributed by atoms with van der Waals surface area (Å²) in [7, 11) is 2.23. The van der Waals surface area contributed by atoms with Gasteiger partial charge in [-0.2, -0.15) is 0 Å². The van der Waals surface area contributed by atoms with E-state index < -0.39 is 0 Å². The third-order valence-corrected chi connectivity index (χ3v) is 11.5. The van der Waals surface area contributed by atoms with Crippen molar-refractivity contribution in [2.45, 2.75) is 60.6 Å². The molecule has 8 rings (SSSR count). The van der Waals surface area contributed by atoms with Crippen LogP contribution in [0.3, 0.4) is 0 Å². The molecule has 2 aliphatic heterocycles. The second kappa shape index (κ2) is 9.53. The number of aryl methyl sites for hydroxylation is 1. The predicted molar refractivity (Wildman–Crippen MR) is 174 cm³/mol. The second-order valence-electron chi connectivity index (χ2n) is 12.8. The van der Waals surface area contributed by atoms with E-state index in [0.717, 1.165) is 19.3 Å². The molecule has 0 aromatic heterocycles. The topological polar surface area (TPSA) is 3.24 Å². The SMILES string of the molecule is CN1C=CC(C2C=CC=CC2)=CC1c1cc2c(c3ccccc13)CCC1=C(C=CC3Sc4ccccc4C13)C2(C)C. The zero-order valence-corrected chi connectivity index (χ0v) is 25.0. The summed E-state index contributed by atoms with van der Waals surface area (Å²) in [5, 5.41) is 3.36. The van der Waals surface area contributed by atoms with Gasteiger partial charge in [0, 0.05) is 34.4 Å². The minimum atomic E-state index is -0.0733. The number of hydrogen-bond donors (Lipinski definition) is 0. The number of allylic oxidation sites excluding steroid dienone is 9. The summed E-state index contributed by atoms with van der Waals surface area (Å²) >= 11 is 2.05. The van der Waals surface area contributed by atoms with Gasteiger partial charge in [-0.05, 0) is 81.8 Å². The summed E-state index contributed by atoms with van der Waals surface area (Å²) < 4.78 is 0. The Morgan fingerprint density at radius 2 is 1.71 bits per heavy atom. The standard InChI is InChI=1S/C39H37NS/c1-39(2)33-19-20-37-38(31-15-9-10-16-36(31)41-37)30(33)18-17-29-27-13-7-8-14-28(27)32(24-34(29)39)35-23-26(21-22-40(35)3)25-11-5-4-6-12-25/h4-11,13-16,19-25,35,37-38H,12,17-18H2,1-3H3. The van der Waals surface area contributed by atoms with Gasteiger partial charge < -0.3 is 4.90 Å². The van der Waals surface area contributed by atoms with Crippen molar-refractivity contribution in [3.63, 3.8) is 0 Å². The molecule has 0 amide bonds. The molecule has 2 heterocycles. The highest BCUT2D eigenvalue weighted by Gasteiger charge is 2.42. The first-order chi connectivity index (χ1) is 20.0. The van der Waals surface area contributed by atoms with Gasteiger partial charge in [-0.3, -0.25) is 0 Å². The molecule has 3 aromatic carbocycles. The first kappa shape index (κ1) is 25.2. The smallest absolute Gasteiger partial charge is 0.0729 e. The van der Waals surface area contributed by atoms with Crippen molar-refractivity contribution in [1.29, 1.82) is 0 Å². The lowest BCUT2D eigenvalue weighted by Gasteiger charge is -2.36.